The lowest BCUT2D eigenvalue weighted by molar-refractivity contribution is 0.379. The van der Waals surface area contributed by atoms with Gasteiger partial charge in [-0.2, -0.15) is 5.26 Å². The number of ether oxygens (including phenoxy) is 1. The molecule has 5 heteroatoms. The molecular weight excluding hydrogens is 264 g/mol. The topological polar surface area (TPSA) is 87.7 Å². The highest BCUT2D eigenvalue weighted by Crippen LogP contribution is 2.42. The van der Waals surface area contributed by atoms with E-state index in [4.69, 9.17) is 10.5 Å². The van der Waals surface area contributed by atoms with E-state index < -0.39 is 0 Å². The fourth-order valence-electron chi connectivity index (χ4n) is 2.68. The van der Waals surface area contributed by atoms with Gasteiger partial charge in [0.2, 0.25) is 11.8 Å². The van der Waals surface area contributed by atoms with Gasteiger partial charge in [0.25, 0.3) is 0 Å². The monoisotopic (exact) mass is 280 g/mol. The van der Waals surface area contributed by atoms with Crippen molar-refractivity contribution < 1.29 is 4.74 Å². The molecule has 0 radical (unpaired) electrons. The number of nitrogens with two attached hydrogens (primary N) is 1. The molecule has 0 unspecified atom stereocenters. The lowest BCUT2D eigenvalue weighted by Crippen LogP contribution is -2.21. The van der Waals surface area contributed by atoms with Crippen LogP contribution in [0.5, 0.6) is 5.88 Å². The summed E-state index contributed by atoms with van der Waals surface area (Å²) in [4.78, 5) is 0. The summed E-state index contributed by atoms with van der Waals surface area (Å²) >= 11 is 0. The van der Waals surface area contributed by atoms with Crippen LogP contribution in [-0.4, -0.2) is 10.2 Å². The minimum Gasteiger partial charge on any atom is -0.420 e. The molecule has 1 aromatic heterocycles. The average Bonchev–Trinajstić information content (AvgIpc) is 2.87. The molecule has 0 aliphatic carbocycles. The molecule has 0 saturated heterocycles. The molecule has 0 bridgehead atoms. The lowest BCUT2D eigenvalue weighted by Gasteiger charge is -2.23. The number of rotatable bonds is 2. The Hall–Kier alpha value is -2.74. The van der Waals surface area contributed by atoms with Gasteiger partial charge in [0.05, 0.1) is 5.92 Å². The molecule has 0 saturated carbocycles. The van der Waals surface area contributed by atoms with Gasteiger partial charge in [0.15, 0.2) is 0 Å². The summed E-state index contributed by atoms with van der Waals surface area (Å²) in [6.45, 7) is 4.03. The van der Waals surface area contributed by atoms with Gasteiger partial charge < -0.3 is 10.5 Å². The Labute approximate surface area is 123 Å². The minimum absolute atomic E-state index is 0.126. The molecular formula is C16H16N4O. The number of H-pyrrole nitrogens is 1. The van der Waals surface area contributed by atoms with Crippen LogP contribution in [0.4, 0.5) is 0 Å². The molecule has 21 heavy (non-hydrogen) atoms. The molecule has 2 aromatic rings. The van der Waals surface area contributed by atoms with Crippen LogP contribution in [0.2, 0.25) is 0 Å². The zero-order valence-corrected chi connectivity index (χ0v) is 12.0. The van der Waals surface area contributed by atoms with Gasteiger partial charge in [-0.15, -0.1) is 5.10 Å². The van der Waals surface area contributed by atoms with Crippen LogP contribution in [0, 0.1) is 18.3 Å². The third kappa shape index (κ3) is 2.05. The summed E-state index contributed by atoms with van der Waals surface area (Å²) in [5.74, 6) is 0.345. The first-order chi connectivity index (χ1) is 10.2. The largest absolute Gasteiger partial charge is 0.420 e. The first kappa shape index (κ1) is 13.3. The van der Waals surface area contributed by atoms with E-state index in [1.165, 1.54) is 5.56 Å². The van der Waals surface area contributed by atoms with Crippen LogP contribution in [0.1, 0.15) is 35.2 Å². The van der Waals surface area contributed by atoms with Crippen LogP contribution in [-0.2, 0) is 6.42 Å². The van der Waals surface area contributed by atoms with Crippen molar-refractivity contribution in [2.75, 3.05) is 0 Å². The highest BCUT2D eigenvalue weighted by molar-refractivity contribution is 5.55. The number of aromatic nitrogens is 2. The van der Waals surface area contributed by atoms with E-state index in [1.807, 2.05) is 19.1 Å². The Morgan fingerprint density at radius 2 is 2.10 bits per heavy atom. The molecule has 0 amide bonds. The summed E-state index contributed by atoms with van der Waals surface area (Å²) in [5, 5.41) is 16.5. The summed E-state index contributed by atoms with van der Waals surface area (Å²) in [6, 6.07) is 10.4. The van der Waals surface area contributed by atoms with E-state index in [0.29, 0.717) is 11.5 Å². The first-order valence-corrected chi connectivity index (χ1v) is 6.87. The third-order valence-corrected chi connectivity index (χ3v) is 3.85. The zero-order valence-electron chi connectivity index (χ0n) is 12.0. The van der Waals surface area contributed by atoms with E-state index in [9.17, 15) is 5.26 Å². The standard InChI is InChI=1S/C16H16N4O/c1-3-10-4-6-11(7-5-10)14-12(8-17)15(18)21-16-13(14)9(2)19-20-16/h4-7,14H,3,18H2,1-2H3,(H,19,20)/t14-/m1/s1. The maximum Gasteiger partial charge on any atom is 0.244 e. The van der Waals surface area contributed by atoms with E-state index in [2.05, 4.69) is 35.3 Å². The number of hydrogen-bond acceptors (Lipinski definition) is 4. The summed E-state index contributed by atoms with van der Waals surface area (Å²) in [5.41, 5.74) is 10.3. The SMILES string of the molecule is CCc1ccc([C@@H]2C(C#N)=C(N)Oc3n[nH]c(C)c32)cc1. The predicted octanol–water partition coefficient (Wildman–Crippen LogP) is 2.50. The van der Waals surface area contributed by atoms with Gasteiger partial charge in [-0.1, -0.05) is 31.2 Å². The van der Waals surface area contributed by atoms with Gasteiger partial charge in [0.1, 0.15) is 11.6 Å². The Bertz CT molecular complexity index is 750. The zero-order chi connectivity index (χ0) is 15.0. The molecule has 3 N–H and O–H groups in total. The summed E-state index contributed by atoms with van der Waals surface area (Å²) in [6.07, 6.45) is 0.979. The van der Waals surface area contributed by atoms with Crippen LogP contribution >= 0.6 is 0 Å². The maximum absolute atomic E-state index is 9.45. The van der Waals surface area contributed by atoms with Crippen LogP contribution in [0.25, 0.3) is 0 Å². The third-order valence-electron chi connectivity index (χ3n) is 3.85. The molecule has 1 aromatic carbocycles. The molecule has 1 aliphatic rings. The molecule has 5 nitrogen and oxygen atoms in total. The number of allylic oxidation sites excluding steroid dienone is 1. The van der Waals surface area contributed by atoms with Gasteiger partial charge in [0, 0.05) is 11.3 Å². The number of nitrogens with zero attached hydrogens (tertiary/aromatic N) is 2. The second kappa shape index (κ2) is 4.98. The van der Waals surface area contributed by atoms with Gasteiger partial charge in [-0.3, -0.25) is 5.10 Å². The van der Waals surface area contributed by atoms with Crippen LogP contribution < -0.4 is 10.5 Å². The molecule has 0 fully saturated rings. The Morgan fingerprint density at radius 1 is 1.38 bits per heavy atom. The Morgan fingerprint density at radius 3 is 2.71 bits per heavy atom. The molecule has 1 aliphatic heterocycles. The fourth-order valence-corrected chi connectivity index (χ4v) is 2.68. The lowest BCUT2D eigenvalue weighted by atomic mass is 9.84. The van der Waals surface area contributed by atoms with Crippen molar-refractivity contribution in [2.24, 2.45) is 5.73 Å². The average molecular weight is 280 g/mol. The van der Waals surface area contributed by atoms with Crippen LogP contribution in [0.3, 0.4) is 0 Å². The summed E-state index contributed by atoms with van der Waals surface area (Å²) in [7, 11) is 0. The number of nitrogens with one attached hydrogen (secondary N) is 1. The van der Waals surface area contributed by atoms with Crippen molar-refractivity contribution in [1.82, 2.24) is 10.2 Å². The number of hydrogen-bond donors (Lipinski definition) is 2. The molecule has 106 valence electrons. The molecule has 0 spiro atoms. The van der Waals surface area contributed by atoms with Crippen molar-refractivity contribution in [1.29, 1.82) is 5.26 Å². The van der Waals surface area contributed by atoms with Gasteiger partial charge in [-0.05, 0) is 24.5 Å². The number of nitriles is 1. The number of aromatic amines is 1. The van der Waals surface area contributed by atoms with Crippen molar-refractivity contribution in [3.05, 3.63) is 58.1 Å². The van der Waals surface area contributed by atoms with E-state index >= 15 is 0 Å². The molecule has 1 atom stereocenters. The number of fused-ring (bicyclic) bond motifs is 1. The number of aryl methyl sites for hydroxylation is 2. The second-order valence-corrected chi connectivity index (χ2v) is 5.09. The van der Waals surface area contributed by atoms with Crippen molar-refractivity contribution in [2.45, 2.75) is 26.2 Å². The Balaban J connectivity index is 2.17. The maximum atomic E-state index is 9.45. The fraction of sp³-hybridized carbons (Fsp3) is 0.250. The normalized spacial score (nSPS) is 17.1. The summed E-state index contributed by atoms with van der Waals surface area (Å²) < 4.78 is 5.45. The van der Waals surface area contributed by atoms with Crippen molar-refractivity contribution in [3.8, 4) is 11.9 Å². The highest BCUT2D eigenvalue weighted by atomic mass is 16.5. The molecule has 3 rings (SSSR count). The van der Waals surface area contributed by atoms with Crippen molar-refractivity contribution >= 4 is 0 Å². The van der Waals surface area contributed by atoms with Gasteiger partial charge >= 0.3 is 0 Å². The minimum atomic E-state index is -0.233. The Kier molecular flexibility index (Phi) is 3.15. The van der Waals surface area contributed by atoms with Crippen molar-refractivity contribution in [3.63, 3.8) is 0 Å². The van der Waals surface area contributed by atoms with E-state index in [1.54, 1.807) is 0 Å². The first-order valence-electron chi connectivity index (χ1n) is 6.87. The van der Waals surface area contributed by atoms with Crippen LogP contribution in [0.15, 0.2) is 35.7 Å². The molecule has 2 heterocycles. The van der Waals surface area contributed by atoms with E-state index in [-0.39, 0.29) is 11.8 Å². The smallest absolute Gasteiger partial charge is 0.244 e. The van der Waals surface area contributed by atoms with E-state index in [0.717, 1.165) is 23.2 Å². The quantitative estimate of drug-likeness (QED) is 0.884. The van der Waals surface area contributed by atoms with Gasteiger partial charge in [-0.25, -0.2) is 0 Å². The number of benzene rings is 1. The second-order valence-electron chi connectivity index (χ2n) is 5.09. The highest BCUT2D eigenvalue weighted by Gasteiger charge is 2.33. The predicted molar refractivity (Wildman–Crippen MR) is 78.4 cm³/mol.